The minimum Gasteiger partial charge on any atom is -0.369 e. The molecule has 1 aliphatic heterocycles. The van der Waals surface area contributed by atoms with Crippen molar-refractivity contribution in [1.29, 1.82) is 0 Å². The van der Waals surface area contributed by atoms with E-state index in [1.807, 2.05) is 19.1 Å². The van der Waals surface area contributed by atoms with Gasteiger partial charge in [0.25, 0.3) is 5.91 Å². The maximum Gasteiger partial charge on any atom is 0.261 e. The number of nitrogens with two attached hydrogens (primary N) is 1. The molecule has 0 saturated heterocycles. The Balaban J connectivity index is 1.69. The molecule has 0 bridgehead atoms. The van der Waals surface area contributed by atoms with Gasteiger partial charge < -0.3 is 11.1 Å². The quantitative estimate of drug-likeness (QED) is 0.480. The summed E-state index contributed by atoms with van der Waals surface area (Å²) in [5, 5.41) is 3.65. The number of amides is 1. The Morgan fingerprint density at radius 3 is 2.65 bits per heavy atom. The minimum absolute atomic E-state index is 0.0531. The van der Waals surface area contributed by atoms with Crippen molar-refractivity contribution in [2.75, 3.05) is 6.54 Å². The molecular weight excluding hydrogens is 384 g/mol. The molecule has 3 N–H and O–H groups in total. The van der Waals surface area contributed by atoms with Crippen LogP contribution in [0.3, 0.4) is 0 Å². The largest absolute Gasteiger partial charge is 0.369 e. The standard InChI is InChI=1S/C26H42N4O/c1-4-5-9-17-28-23-14-10-13-22(18-23)19-26(16-15-21-11-7-6-8-12-21)24(31)30(20(2)3)25(27)29-26/h4-5,9,21-23,28H,1-2,6-8,10-19H2,3H3,(H2,27,29)/b9-5+/t22-,23+,26+/m0/s1. The van der Waals surface area contributed by atoms with E-state index < -0.39 is 5.54 Å². The molecule has 2 saturated carbocycles. The van der Waals surface area contributed by atoms with E-state index in [0.717, 1.165) is 38.1 Å². The van der Waals surface area contributed by atoms with Crippen LogP contribution in [0.25, 0.3) is 0 Å². The summed E-state index contributed by atoms with van der Waals surface area (Å²) in [6.07, 6.45) is 19.9. The van der Waals surface area contributed by atoms with Crippen molar-refractivity contribution < 1.29 is 4.79 Å². The third kappa shape index (κ3) is 6.09. The fourth-order valence-electron chi connectivity index (χ4n) is 5.85. The van der Waals surface area contributed by atoms with E-state index in [-0.39, 0.29) is 5.91 Å². The molecule has 2 fully saturated rings. The third-order valence-electron chi connectivity index (χ3n) is 7.44. The number of aliphatic imine (C=N–C) groups is 1. The zero-order valence-electron chi connectivity index (χ0n) is 19.5. The molecule has 1 amide bonds. The van der Waals surface area contributed by atoms with Gasteiger partial charge in [0.2, 0.25) is 5.96 Å². The van der Waals surface area contributed by atoms with E-state index in [4.69, 9.17) is 10.7 Å². The van der Waals surface area contributed by atoms with E-state index in [9.17, 15) is 4.79 Å². The summed E-state index contributed by atoms with van der Waals surface area (Å²) in [6.45, 7) is 10.4. The Labute approximate surface area is 188 Å². The van der Waals surface area contributed by atoms with Crippen molar-refractivity contribution in [3.63, 3.8) is 0 Å². The Kier molecular flexibility index (Phi) is 8.53. The van der Waals surface area contributed by atoms with Gasteiger partial charge in [0, 0.05) is 18.3 Å². The lowest BCUT2D eigenvalue weighted by Crippen LogP contribution is -2.45. The average molecular weight is 427 g/mol. The molecule has 172 valence electrons. The number of hydrogen-bond acceptors (Lipinski definition) is 4. The lowest BCUT2D eigenvalue weighted by molar-refractivity contribution is -0.131. The Hall–Kier alpha value is -1.88. The second-order valence-electron chi connectivity index (χ2n) is 9.93. The molecule has 0 unspecified atom stereocenters. The summed E-state index contributed by atoms with van der Waals surface area (Å²) < 4.78 is 0. The van der Waals surface area contributed by atoms with Crippen LogP contribution in [-0.4, -0.2) is 34.9 Å². The van der Waals surface area contributed by atoms with Crippen LogP contribution in [0.2, 0.25) is 0 Å². The number of allylic oxidation sites excluding steroid dienone is 3. The van der Waals surface area contributed by atoms with Crippen molar-refractivity contribution >= 4 is 11.9 Å². The van der Waals surface area contributed by atoms with Gasteiger partial charge in [-0.2, -0.15) is 0 Å². The summed E-state index contributed by atoms with van der Waals surface area (Å²) in [7, 11) is 0. The summed E-state index contributed by atoms with van der Waals surface area (Å²) in [5.41, 5.74) is 6.22. The summed E-state index contributed by atoms with van der Waals surface area (Å²) in [6, 6.07) is 0.499. The zero-order valence-corrected chi connectivity index (χ0v) is 19.5. The van der Waals surface area contributed by atoms with Gasteiger partial charge in [-0.3, -0.25) is 9.69 Å². The minimum atomic E-state index is -0.699. The van der Waals surface area contributed by atoms with Crippen LogP contribution in [0.15, 0.2) is 42.1 Å². The number of carbonyl (C=O) groups is 1. The number of carbonyl (C=O) groups excluding carboxylic acids is 1. The monoisotopic (exact) mass is 426 g/mol. The zero-order chi connectivity index (χ0) is 22.3. The highest BCUT2D eigenvalue weighted by atomic mass is 16.2. The van der Waals surface area contributed by atoms with Crippen LogP contribution in [0.1, 0.15) is 84.0 Å². The topological polar surface area (TPSA) is 70.7 Å². The molecular formula is C26H42N4O. The molecule has 5 nitrogen and oxygen atoms in total. The molecule has 3 aliphatic rings. The van der Waals surface area contributed by atoms with Crippen molar-refractivity contribution in [3.05, 3.63) is 37.1 Å². The molecule has 0 radical (unpaired) electrons. The van der Waals surface area contributed by atoms with Gasteiger partial charge in [-0.25, -0.2) is 4.99 Å². The molecule has 3 atom stereocenters. The van der Waals surface area contributed by atoms with Gasteiger partial charge in [0.05, 0.1) is 0 Å². The van der Waals surface area contributed by atoms with Crippen molar-refractivity contribution in [2.24, 2.45) is 22.6 Å². The van der Waals surface area contributed by atoms with E-state index in [2.05, 4.69) is 24.6 Å². The molecule has 0 spiro atoms. The highest BCUT2D eigenvalue weighted by Gasteiger charge is 2.49. The van der Waals surface area contributed by atoms with Crippen molar-refractivity contribution in [1.82, 2.24) is 10.2 Å². The fourth-order valence-corrected chi connectivity index (χ4v) is 5.85. The maximum atomic E-state index is 13.6. The molecule has 0 aromatic rings. The Bertz CT molecular complexity index is 706. The molecule has 2 aliphatic carbocycles. The van der Waals surface area contributed by atoms with E-state index in [0.29, 0.717) is 23.6 Å². The van der Waals surface area contributed by atoms with Crippen LogP contribution in [0, 0.1) is 11.8 Å². The average Bonchev–Trinajstić information content (AvgIpc) is 3.00. The smallest absolute Gasteiger partial charge is 0.261 e. The van der Waals surface area contributed by atoms with Crippen LogP contribution in [-0.2, 0) is 4.79 Å². The van der Waals surface area contributed by atoms with Gasteiger partial charge in [-0.15, -0.1) is 0 Å². The lowest BCUT2D eigenvalue weighted by Gasteiger charge is -2.36. The highest BCUT2D eigenvalue weighted by Crippen LogP contribution is 2.41. The second-order valence-corrected chi connectivity index (χ2v) is 9.93. The van der Waals surface area contributed by atoms with Crippen LogP contribution >= 0.6 is 0 Å². The predicted molar refractivity (Wildman–Crippen MR) is 130 cm³/mol. The normalized spacial score (nSPS) is 30.0. The molecule has 5 heteroatoms. The fraction of sp³-hybridized carbons (Fsp3) is 0.692. The number of hydrogen-bond donors (Lipinski definition) is 2. The number of nitrogens with one attached hydrogen (secondary N) is 1. The van der Waals surface area contributed by atoms with Crippen molar-refractivity contribution in [3.8, 4) is 0 Å². The molecule has 0 aromatic carbocycles. The van der Waals surface area contributed by atoms with Crippen LogP contribution in [0.4, 0.5) is 0 Å². The van der Waals surface area contributed by atoms with Gasteiger partial charge >= 0.3 is 0 Å². The van der Waals surface area contributed by atoms with Gasteiger partial charge in [-0.05, 0) is 50.9 Å². The Morgan fingerprint density at radius 2 is 1.97 bits per heavy atom. The highest BCUT2D eigenvalue weighted by molar-refractivity contribution is 6.08. The van der Waals surface area contributed by atoms with Crippen LogP contribution in [0.5, 0.6) is 0 Å². The summed E-state index contributed by atoms with van der Waals surface area (Å²) in [4.78, 5) is 20.0. The summed E-state index contributed by atoms with van der Waals surface area (Å²) in [5.74, 6) is 1.61. The first-order valence-electron chi connectivity index (χ1n) is 12.3. The van der Waals surface area contributed by atoms with E-state index in [1.165, 1.54) is 51.4 Å². The molecule has 0 aromatic heterocycles. The third-order valence-corrected chi connectivity index (χ3v) is 7.44. The van der Waals surface area contributed by atoms with Crippen LogP contribution < -0.4 is 11.1 Å². The number of rotatable bonds is 10. The number of nitrogens with zero attached hydrogens (tertiary/aromatic N) is 2. The Morgan fingerprint density at radius 1 is 1.23 bits per heavy atom. The second kappa shape index (κ2) is 11.1. The first-order valence-corrected chi connectivity index (χ1v) is 12.3. The van der Waals surface area contributed by atoms with Gasteiger partial charge in [-0.1, -0.05) is 76.3 Å². The van der Waals surface area contributed by atoms with Gasteiger partial charge in [0.15, 0.2) is 0 Å². The molecule has 1 heterocycles. The lowest BCUT2D eigenvalue weighted by atomic mass is 9.74. The van der Waals surface area contributed by atoms with E-state index >= 15 is 0 Å². The van der Waals surface area contributed by atoms with E-state index in [1.54, 1.807) is 4.90 Å². The molecule has 3 rings (SSSR count). The summed E-state index contributed by atoms with van der Waals surface area (Å²) >= 11 is 0. The SMILES string of the molecule is C=C/C=C/CN[C@@H]1CCC[C@H](C[C@@]2(CCC3CCCCC3)N=C(N)N(C(=C)C)C2=O)C1. The predicted octanol–water partition coefficient (Wildman–Crippen LogP) is 5.06. The van der Waals surface area contributed by atoms with Gasteiger partial charge in [0.1, 0.15) is 5.54 Å². The first-order chi connectivity index (χ1) is 14.9. The van der Waals surface area contributed by atoms with Crippen molar-refractivity contribution in [2.45, 2.75) is 95.6 Å². The first kappa shape index (κ1) is 23.8. The number of guanidine groups is 1. The maximum absolute atomic E-state index is 13.6. The molecule has 31 heavy (non-hydrogen) atoms.